The maximum atomic E-state index is 13.2. The largest absolute Gasteiger partial charge is 0.384 e. The molecular formula is C21H32N2O2. The molecule has 2 aliphatic rings. The minimum Gasteiger partial charge on any atom is -0.384 e. The lowest BCUT2D eigenvalue weighted by molar-refractivity contribution is -0.0295. The van der Waals surface area contributed by atoms with Crippen LogP contribution in [0.1, 0.15) is 56.3 Å². The first-order chi connectivity index (χ1) is 12.1. The van der Waals surface area contributed by atoms with E-state index < -0.39 is 0 Å². The fourth-order valence-electron chi connectivity index (χ4n) is 4.58. The van der Waals surface area contributed by atoms with Gasteiger partial charge in [-0.05, 0) is 43.7 Å². The van der Waals surface area contributed by atoms with Gasteiger partial charge in [-0.25, -0.2) is 0 Å². The minimum absolute atomic E-state index is 0.160. The number of piperidine rings is 1. The number of hydrogen-bond acceptors (Lipinski definition) is 3. The topological polar surface area (TPSA) is 41.6 Å². The fourth-order valence-corrected chi connectivity index (χ4v) is 4.58. The highest BCUT2D eigenvalue weighted by molar-refractivity contribution is 5.99. The van der Waals surface area contributed by atoms with E-state index in [1.165, 1.54) is 19.3 Å². The van der Waals surface area contributed by atoms with Crippen molar-refractivity contribution in [3.8, 4) is 0 Å². The molecule has 1 aliphatic carbocycles. The lowest BCUT2D eigenvalue weighted by Gasteiger charge is -2.43. The molecule has 1 spiro atoms. The van der Waals surface area contributed by atoms with Gasteiger partial charge in [-0.15, -0.1) is 0 Å². The van der Waals surface area contributed by atoms with Crippen LogP contribution in [0.3, 0.4) is 0 Å². The Morgan fingerprint density at radius 1 is 1.32 bits per heavy atom. The number of nitrogens with one attached hydrogen (secondary N) is 1. The van der Waals surface area contributed by atoms with Gasteiger partial charge in [0.05, 0.1) is 11.7 Å². The second-order valence-corrected chi connectivity index (χ2v) is 8.13. The second kappa shape index (κ2) is 7.77. The lowest BCUT2D eigenvalue weighted by atomic mass is 9.76. The van der Waals surface area contributed by atoms with Crippen LogP contribution in [-0.4, -0.2) is 43.7 Å². The number of anilines is 1. The number of carbonyl (C=O) groups excluding carboxylic acids is 1. The summed E-state index contributed by atoms with van der Waals surface area (Å²) in [6.07, 6.45) is 6.09. The number of rotatable bonds is 5. The average Bonchev–Trinajstić information content (AvgIpc) is 3.01. The van der Waals surface area contributed by atoms with E-state index in [4.69, 9.17) is 4.74 Å². The van der Waals surface area contributed by atoms with Crippen molar-refractivity contribution in [1.82, 2.24) is 4.90 Å². The number of ether oxygens (including phenoxy) is 1. The van der Waals surface area contributed by atoms with Gasteiger partial charge in [-0.2, -0.15) is 0 Å². The Kier molecular flexibility index (Phi) is 5.67. The van der Waals surface area contributed by atoms with Gasteiger partial charge in [0.25, 0.3) is 5.91 Å². The number of nitrogens with zero attached hydrogens (tertiary/aromatic N) is 1. The molecule has 138 valence electrons. The smallest absolute Gasteiger partial charge is 0.255 e. The van der Waals surface area contributed by atoms with Gasteiger partial charge in [0.1, 0.15) is 0 Å². The van der Waals surface area contributed by atoms with Crippen LogP contribution in [0.2, 0.25) is 0 Å². The van der Waals surface area contributed by atoms with E-state index in [-0.39, 0.29) is 11.3 Å². The number of carbonyl (C=O) groups is 1. The Labute approximate surface area is 151 Å². The van der Waals surface area contributed by atoms with Crippen LogP contribution in [0, 0.1) is 11.3 Å². The minimum atomic E-state index is 0.160. The van der Waals surface area contributed by atoms with E-state index in [1.54, 1.807) is 0 Å². The molecule has 1 N–H and O–H groups in total. The van der Waals surface area contributed by atoms with Gasteiger partial charge >= 0.3 is 0 Å². The zero-order valence-electron chi connectivity index (χ0n) is 15.9. The van der Waals surface area contributed by atoms with Crippen molar-refractivity contribution in [3.05, 3.63) is 29.8 Å². The number of para-hydroxylation sites is 1. The molecule has 4 heteroatoms. The molecule has 1 amide bonds. The Hall–Kier alpha value is -1.55. The maximum absolute atomic E-state index is 13.2. The highest BCUT2D eigenvalue weighted by atomic mass is 16.5. The standard InChI is InChI=1S/C21H32N2O2/c1-16(2)14-22-18-9-5-4-8-17(18)20(24)23-13-7-12-21(15-23)11-6-10-19(21)25-3/h4-5,8-9,16,19,22H,6-7,10-15H2,1-3H3/t19-,21-/m1/s1. The summed E-state index contributed by atoms with van der Waals surface area (Å²) in [6.45, 7) is 6.92. The normalized spacial score (nSPS) is 26.4. The summed E-state index contributed by atoms with van der Waals surface area (Å²) in [6, 6.07) is 7.92. The molecule has 1 aromatic carbocycles. The molecule has 1 saturated carbocycles. The fraction of sp³-hybridized carbons (Fsp3) is 0.667. The average molecular weight is 344 g/mol. The van der Waals surface area contributed by atoms with Gasteiger partial charge in [0.15, 0.2) is 0 Å². The number of likely N-dealkylation sites (tertiary alicyclic amines) is 1. The molecule has 2 atom stereocenters. The van der Waals surface area contributed by atoms with Crippen molar-refractivity contribution < 1.29 is 9.53 Å². The summed E-state index contributed by atoms with van der Waals surface area (Å²) in [7, 11) is 1.82. The molecule has 2 fully saturated rings. The maximum Gasteiger partial charge on any atom is 0.255 e. The Balaban J connectivity index is 1.77. The molecular weight excluding hydrogens is 312 g/mol. The third kappa shape index (κ3) is 3.84. The zero-order valence-corrected chi connectivity index (χ0v) is 15.9. The summed E-state index contributed by atoms with van der Waals surface area (Å²) >= 11 is 0. The third-order valence-corrected chi connectivity index (χ3v) is 5.86. The molecule has 1 saturated heterocycles. The van der Waals surface area contributed by atoms with Crippen LogP contribution >= 0.6 is 0 Å². The first-order valence-corrected chi connectivity index (χ1v) is 9.71. The van der Waals surface area contributed by atoms with Crippen LogP contribution < -0.4 is 5.32 Å². The van der Waals surface area contributed by atoms with E-state index in [1.807, 2.05) is 31.4 Å². The van der Waals surface area contributed by atoms with E-state index >= 15 is 0 Å². The van der Waals surface area contributed by atoms with Crippen molar-refractivity contribution in [3.63, 3.8) is 0 Å². The quantitative estimate of drug-likeness (QED) is 0.871. The van der Waals surface area contributed by atoms with E-state index in [9.17, 15) is 4.79 Å². The number of amides is 1. The van der Waals surface area contributed by atoms with E-state index in [2.05, 4.69) is 24.1 Å². The second-order valence-electron chi connectivity index (χ2n) is 8.13. The highest BCUT2D eigenvalue weighted by Gasteiger charge is 2.46. The van der Waals surface area contributed by atoms with E-state index in [0.29, 0.717) is 12.0 Å². The lowest BCUT2D eigenvalue weighted by Crippen LogP contribution is -2.49. The molecule has 1 aromatic rings. The summed E-state index contributed by atoms with van der Waals surface area (Å²) in [5.41, 5.74) is 1.92. The van der Waals surface area contributed by atoms with E-state index in [0.717, 1.165) is 43.7 Å². The summed E-state index contributed by atoms with van der Waals surface area (Å²) < 4.78 is 5.78. The summed E-state index contributed by atoms with van der Waals surface area (Å²) in [5.74, 6) is 0.704. The Morgan fingerprint density at radius 2 is 2.08 bits per heavy atom. The summed E-state index contributed by atoms with van der Waals surface area (Å²) in [4.78, 5) is 15.3. The SMILES string of the molecule is CO[C@@H]1CCC[C@]12CCCN(C(=O)c1ccccc1NCC(C)C)C2. The Morgan fingerprint density at radius 3 is 2.84 bits per heavy atom. The van der Waals surface area contributed by atoms with Crippen molar-refractivity contribution in [2.24, 2.45) is 11.3 Å². The molecule has 0 aromatic heterocycles. The first kappa shape index (κ1) is 18.2. The predicted octanol–water partition coefficient (Wildman–Crippen LogP) is 4.18. The first-order valence-electron chi connectivity index (χ1n) is 9.71. The van der Waals surface area contributed by atoms with Gasteiger partial charge in [-0.3, -0.25) is 4.79 Å². The van der Waals surface area contributed by atoms with Crippen LogP contribution in [0.25, 0.3) is 0 Å². The van der Waals surface area contributed by atoms with Crippen molar-refractivity contribution in [1.29, 1.82) is 0 Å². The number of benzene rings is 1. The molecule has 0 bridgehead atoms. The van der Waals surface area contributed by atoms with Crippen LogP contribution in [0.15, 0.2) is 24.3 Å². The molecule has 1 heterocycles. The number of methoxy groups -OCH3 is 1. The van der Waals surface area contributed by atoms with Crippen molar-refractivity contribution in [2.75, 3.05) is 32.1 Å². The Bertz CT molecular complexity index is 601. The zero-order chi connectivity index (χ0) is 17.9. The van der Waals surface area contributed by atoms with Crippen molar-refractivity contribution >= 4 is 11.6 Å². The molecule has 25 heavy (non-hydrogen) atoms. The van der Waals surface area contributed by atoms with Crippen LogP contribution in [0.5, 0.6) is 0 Å². The molecule has 3 rings (SSSR count). The monoisotopic (exact) mass is 344 g/mol. The predicted molar refractivity (Wildman–Crippen MR) is 102 cm³/mol. The molecule has 1 aliphatic heterocycles. The van der Waals surface area contributed by atoms with Crippen LogP contribution in [-0.2, 0) is 4.74 Å². The van der Waals surface area contributed by atoms with Crippen molar-refractivity contribution in [2.45, 2.75) is 52.1 Å². The van der Waals surface area contributed by atoms with Gasteiger partial charge in [0, 0.05) is 37.8 Å². The molecule has 4 nitrogen and oxygen atoms in total. The highest BCUT2D eigenvalue weighted by Crippen LogP contribution is 2.46. The van der Waals surface area contributed by atoms with Crippen LogP contribution in [0.4, 0.5) is 5.69 Å². The third-order valence-electron chi connectivity index (χ3n) is 5.86. The van der Waals surface area contributed by atoms with Gasteiger partial charge < -0.3 is 15.0 Å². The molecule has 0 radical (unpaired) electrons. The van der Waals surface area contributed by atoms with Gasteiger partial charge in [-0.1, -0.05) is 32.4 Å². The number of hydrogen-bond donors (Lipinski definition) is 1. The van der Waals surface area contributed by atoms with Gasteiger partial charge in [0.2, 0.25) is 0 Å². The molecule has 0 unspecified atom stereocenters. The summed E-state index contributed by atoms with van der Waals surface area (Å²) in [5, 5.41) is 3.44.